The third kappa shape index (κ3) is 5.07. The molecule has 0 radical (unpaired) electrons. The van der Waals surface area contributed by atoms with Gasteiger partial charge in [0.25, 0.3) is 5.91 Å². The third-order valence-electron chi connectivity index (χ3n) is 4.42. The van der Waals surface area contributed by atoms with Gasteiger partial charge in [-0.15, -0.1) is 0 Å². The molecule has 0 bridgehead atoms. The summed E-state index contributed by atoms with van der Waals surface area (Å²) in [6.45, 7) is 2.16. The summed E-state index contributed by atoms with van der Waals surface area (Å²) in [5, 5.41) is 6.91. The van der Waals surface area contributed by atoms with Gasteiger partial charge in [-0.2, -0.15) is 0 Å². The first-order chi connectivity index (χ1) is 13.5. The number of rotatable bonds is 7. The molecule has 0 spiro atoms. The van der Waals surface area contributed by atoms with Crippen molar-refractivity contribution in [2.45, 2.75) is 25.9 Å². The SMILES string of the molecule is Cc1cc(CN(C)C(=O)CC(NC(=O)c2ccccc2)c2ccccc2)no1. The Hall–Kier alpha value is -3.41. The molecule has 0 aliphatic rings. The van der Waals surface area contributed by atoms with Crippen LogP contribution in [0.3, 0.4) is 0 Å². The molecule has 144 valence electrons. The summed E-state index contributed by atoms with van der Waals surface area (Å²) >= 11 is 0. The zero-order chi connectivity index (χ0) is 19.9. The lowest BCUT2D eigenvalue weighted by molar-refractivity contribution is -0.131. The number of benzene rings is 2. The van der Waals surface area contributed by atoms with Crippen LogP contribution in [-0.4, -0.2) is 28.9 Å². The number of amides is 2. The highest BCUT2D eigenvalue weighted by molar-refractivity contribution is 5.94. The third-order valence-corrected chi connectivity index (χ3v) is 4.42. The Morgan fingerprint density at radius 1 is 1.07 bits per heavy atom. The van der Waals surface area contributed by atoms with Gasteiger partial charge in [-0.25, -0.2) is 0 Å². The molecule has 0 aliphatic carbocycles. The smallest absolute Gasteiger partial charge is 0.251 e. The van der Waals surface area contributed by atoms with E-state index in [0.717, 1.165) is 5.56 Å². The fraction of sp³-hybridized carbons (Fsp3) is 0.227. The fourth-order valence-corrected chi connectivity index (χ4v) is 2.92. The first-order valence-electron chi connectivity index (χ1n) is 9.10. The van der Waals surface area contributed by atoms with Crippen LogP contribution >= 0.6 is 0 Å². The topological polar surface area (TPSA) is 75.4 Å². The van der Waals surface area contributed by atoms with Crippen molar-refractivity contribution in [1.82, 2.24) is 15.4 Å². The molecule has 2 amide bonds. The molecule has 2 aromatic carbocycles. The average molecular weight is 377 g/mol. The molecule has 3 rings (SSSR count). The Balaban J connectivity index is 1.71. The lowest BCUT2D eigenvalue weighted by Crippen LogP contribution is -2.34. The Kier molecular flexibility index (Phi) is 6.22. The minimum Gasteiger partial charge on any atom is -0.361 e. The van der Waals surface area contributed by atoms with Gasteiger partial charge in [-0.3, -0.25) is 9.59 Å². The van der Waals surface area contributed by atoms with E-state index in [2.05, 4.69) is 10.5 Å². The molecule has 6 nitrogen and oxygen atoms in total. The Morgan fingerprint density at radius 2 is 1.71 bits per heavy atom. The molecule has 28 heavy (non-hydrogen) atoms. The summed E-state index contributed by atoms with van der Waals surface area (Å²) in [6.07, 6.45) is 0.149. The maximum atomic E-state index is 12.8. The number of hydrogen-bond donors (Lipinski definition) is 1. The van der Waals surface area contributed by atoms with Crippen LogP contribution in [0.25, 0.3) is 0 Å². The maximum Gasteiger partial charge on any atom is 0.251 e. The highest BCUT2D eigenvalue weighted by Gasteiger charge is 2.21. The average Bonchev–Trinajstić information content (AvgIpc) is 3.13. The van der Waals surface area contributed by atoms with Gasteiger partial charge >= 0.3 is 0 Å². The second kappa shape index (κ2) is 8.99. The van der Waals surface area contributed by atoms with Crippen LogP contribution in [0.5, 0.6) is 0 Å². The maximum absolute atomic E-state index is 12.8. The van der Waals surface area contributed by atoms with Crippen molar-refractivity contribution in [3.63, 3.8) is 0 Å². The lowest BCUT2D eigenvalue weighted by atomic mass is 10.0. The number of hydrogen-bond acceptors (Lipinski definition) is 4. The second-order valence-electron chi connectivity index (χ2n) is 6.69. The first kappa shape index (κ1) is 19.4. The van der Waals surface area contributed by atoms with Crippen molar-refractivity contribution < 1.29 is 14.1 Å². The number of nitrogens with zero attached hydrogens (tertiary/aromatic N) is 2. The van der Waals surface area contributed by atoms with Gasteiger partial charge in [0.2, 0.25) is 5.91 Å². The molecule has 1 atom stereocenters. The number of aromatic nitrogens is 1. The van der Waals surface area contributed by atoms with E-state index in [1.54, 1.807) is 30.1 Å². The normalized spacial score (nSPS) is 11.6. The summed E-state index contributed by atoms with van der Waals surface area (Å²) in [6, 6.07) is 19.8. The van der Waals surface area contributed by atoms with E-state index in [9.17, 15) is 9.59 Å². The Labute approximate surface area is 164 Å². The number of carbonyl (C=O) groups excluding carboxylic acids is 2. The highest BCUT2D eigenvalue weighted by Crippen LogP contribution is 2.19. The molecule has 1 N–H and O–H groups in total. The second-order valence-corrected chi connectivity index (χ2v) is 6.69. The fourth-order valence-electron chi connectivity index (χ4n) is 2.92. The van der Waals surface area contributed by atoms with Crippen LogP contribution in [0.15, 0.2) is 71.3 Å². The van der Waals surface area contributed by atoms with E-state index in [0.29, 0.717) is 23.6 Å². The number of carbonyl (C=O) groups is 2. The van der Waals surface area contributed by atoms with E-state index in [1.165, 1.54) is 0 Å². The van der Waals surface area contributed by atoms with Crippen molar-refractivity contribution in [2.75, 3.05) is 7.05 Å². The molecule has 0 aliphatic heterocycles. The van der Waals surface area contributed by atoms with E-state index < -0.39 is 6.04 Å². The monoisotopic (exact) mass is 377 g/mol. The van der Waals surface area contributed by atoms with Crippen LogP contribution in [0.2, 0.25) is 0 Å². The lowest BCUT2D eigenvalue weighted by Gasteiger charge is -2.22. The quantitative estimate of drug-likeness (QED) is 0.684. The van der Waals surface area contributed by atoms with Gasteiger partial charge in [0.05, 0.1) is 19.0 Å². The van der Waals surface area contributed by atoms with Gasteiger partial charge in [-0.05, 0) is 24.6 Å². The van der Waals surface area contributed by atoms with E-state index >= 15 is 0 Å². The van der Waals surface area contributed by atoms with E-state index in [4.69, 9.17) is 4.52 Å². The standard InChI is InChI=1S/C22H23N3O3/c1-16-13-19(24-28-16)15-25(2)21(26)14-20(17-9-5-3-6-10-17)23-22(27)18-11-7-4-8-12-18/h3-13,20H,14-15H2,1-2H3,(H,23,27). The molecule has 1 heterocycles. The summed E-state index contributed by atoms with van der Waals surface area (Å²) in [5.74, 6) is 0.396. The molecular weight excluding hydrogens is 354 g/mol. The molecule has 3 aromatic rings. The van der Waals surface area contributed by atoms with Gasteiger partial charge in [0.15, 0.2) is 0 Å². The van der Waals surface area contributed by atoms with Gasteiger partial charge in [-0.1, -0.05) is 53.7 Å². The minimum atomic E-state index is -0.428. The molecule has 0 fully saturated rings. The van der Waals surface area contributed by atoms with Gasteiger partial charge in [0, 0.05) is 18.7 Å². The van der Waals surface area contributed by atoms with Crippen LogP contribution in [0.4, 0.5) is 0 Å². The zero-order valence-corrected chi connectivity index (χ0v) is 16.0. The van der Waals surface area contributed by atoms with Gasteiger partial charge < -0.3 is 14.7 Å². The molecular formula is C22H23N3O3. The predicted octanol–water partition coefficient (Wildman–Crippen LogP) is 3.50. The first-order valence-corrected chi connectivity index (χ1v) is 9.10. The summed E-state index contributed by atoms with van der Waals surface area (Å²) in [4.78, 5) is 27.0. The highest BCUT2D eigenvalue weighted by atomic mass is 16.5. The molecule has 0 saturated heterocycles. The van der Waals surface area contributed by atoms with Crippen molar-refractivity contribution in [2.24, 2.45) is 0 Å². The Bertz CT molecular complexity index is 922. The molecule has 1 unspecified atom stereocenters. The molecule has 6 heteroatoms. The van der Waals surface area contributed by atoms with Crippen LogP contribution in [0, 0.1) is 6.92 Å². The van der Waals surface area contributed by atoms with E-state index in [-0.39, 0.29) is 18.2 Å². The predicted molar refractivity (Wildman–Crippen MR) is 105 cm³/mol. The minimum absolute atomic E-state index is 0.0946. The zero-order valence-electron chi connectivity index (χ0n) is 16.0. The summed E-state index contributed by atoms with van der Waals surface area (Å²) < 4.78 is 5.05. The van der Waals surface area contributed by atoms with E-state index in [1.807, 2.05) is 55.5 Å². The van der Waals surface area contributed by atoms with Crippen LogP contribution < -0.4 is 5.32 Å². The van der Waals surface area contributed by atoms with Crippen molar-refractivity contribution in [3.8, 4) is 0 Å². The van der Waals surface area contributed by atoms with Crippen LogP contribution in [0.1, 0.15) is 39.8 Å². The summed E-state index contributed by atoms with van der Waals surface area (Å²) in [7, 11) is 1.72. The molecule has 0 saturated carbocycles. The van der Waals surface area contributed by atoms with Crippen LogP contribution in [-0.2, 0) is 11.3 Å². The van der Waals surface area contributed by atoms with Crippen molar-refractivity contribution >= 4 is 11.8 Å². The summed E-state index contributed by atoms with van der Waals surface area (Å²) in [5.41, 5.74) is 2.13. The number of aryl methyl sites for hydroxylation is 1. The number of nitrogens with one attached hydrogen (secondary N) is 1. The van der Waals surface area contributed by atoms with Crippen molar-refractivity contribution in [3.05, 3.63) is 89.3 Å². The largest absolute Gasteiger partial charge is 0.361 e. The van der Waals surface area contributed by atoms with Crippen molar-refractivity contribution in [1.29, 1.82) is 0 Å². The molecule has 1 aromatic heterocycles. The van der Waals surface area contributed by atoms with Gasteiger partial charge in [0.1, 0.15) is 11.5 Å². The Morgan fingerprint density at radius 3 is 2.32 bits per heavy atom.